The molecule has 15 rings (SSSR count). The van der Waals surface area contributed by atoms with Gasteiger partial charge in [0.15, 0.2) is 8.07 Å². The van der Waals surface area contributed by atoms with E-state index in [0.29, 0.717) is 0 Å². The lowest BCUT2D eigenvalue weighted by Crippen LogP contribution is -2.74. The number of nitrogens with zero attached hydrogens (tertiary/aromatic N) is 3. The van der Waals surface area contributed by atoms with E-state index in [1.165, 1.54) is 127 Å². The van der Waals surface area contributed by atoms with Crippen LogP contribution in [0.1, 0.15) is 143 Å². The minimum absolute atomic E-state index is 0.00395. The first-order chi connectivity index (χ1) is 43.2. The van der Waals surface area contributed by atoms with E-state index in [0.717, 1.165) is 25.7 Å². The molecular formula is C86H90BN3Si. The zero-order chi connectivity index (χ0) is 63.6. The largest absolute Gasteiger partial charge is 0.334 e. The van der Waals surface area contributed by atoms with E-state index in [2.05, 4.69) is 343 Å². The van der Waals surface area contributed by atoms with Crippen molar-refractivity contribution in [2.24, 2.45) is 16.2 Å². The molecule has 1 saturated carbocycles. The first-order valence-corrected chi connectivity index (χ1v) is 35.7. The smallest absolute Gasteiger partial charge is 0.252 e. The van der Waals surface area contributed by atoms with Gasteiger partial charge in [-0.05, 0) is 203 Å². The third-order valence-corrected chi connectivity index (χ3v) is 28.1. The second-order valence-corrected chi connectivity index (χ2v) is 36.4. The first-order valence-electron chi connectivity index (χ1n) is 33.7. The summed E-state index contributed by atoms with van der Waals surface area (Å²) in [5, 5.41) is 5.64. The minimum Gasteiger partial charge on any atom is -0.334 e. The van der Waals surface area contributed by atoms with Crippen LogP contribution in [0.25, 0.3) is 11.1 Å². The predicted octanol–water partition coefficient (Wildman–Crippen LogP) is 17.9. The molecule has 2 atom stereocenters. The molecule has 1 fully saturated rings. The Morgan fingerprint density at radius 1 is 0.407 bits per heavy atom. The van der Waals surface area contributed by atoms with Gasteiger partial charge in [-0.2, -0.15) is 0 Å². The van der Waals surface area contributed by atoms with Crippen molar-refractivity contribution in [3.05, 3.63) is 258 Å². The maximum atomic E-state index is 2.86. The summed E-state index contributed by atoms with van der Waals surface area (Å²) >= 11 is 0. The molecule has 10 aromatic carbocycles. The molecule has 0 bridgehead atoms. The van der Waals surface area contributed by atoms with Crippen LogP contribution in [0.2, 0.25) is 0 Å². The van der Waals surface area contributed by atoms with Gasteiger partial charge in [0.1, 0.15) is 0 Å². The Kier molecular flexibility index (Phi) is 13.3. The molecular weight excluding hydrogens is 1110 g/mol. The molecule has 3 heterocycles. The highest BCUT2D eigenvalue weighted by atomic mass is 28.3. The van der Waals surface area contributed by atoms with Crippen LogP contribution in [-0.4, -0.2) is 20.3 Å². The van der Waals surface area contributed by atoms with Crippen LogP contribution < -0.4 is 51.8 Å². The highest BCUT2D eigenvalue weighted by Gasteiger charge is 2.66. The van der Waals surface area contributed by atoms with Gasteiger partial charge in [0.25, 0.3) is 6.71 Å². The molecule has 5 heteroatoms. The quantitative estimate of drug-likeness (QED) is 0.111. The van der Waals surface area contributed by atoms with Gasteiger partial charge >= 0.3 is 0 Å². The van der Waals surface area contributed by atoms with Gasteiger partial charge in [-0.25, -0.2) is 0 Å². The van der Waals surface area contributed by atoms with E-state index in [4.69, 9.17) is 0 Å². The van der Waals surface area contributed by atoms with Gasteiger partial charge in [-0.3, -0.25) is 0 Å². The molecule has 456 valence electrons. The van der Waals surface area contributed by atoms with Crippen LogP contribution in [-0.2, 0) is 29.1 Å². The summed E-state index contributed by atoms with van der Waals surface area (Å²) in [5.74, 6) is 0. The van der Waals surface area contributed by atoms with E-state index >= 15 is 0 Å². The molecule has 0 N–H and O–H groups in total. The lowest BCUT2D eigenvalue weighted by atomic mass is 9.33. The average Bonchev–Trinajstić information content (AvgIpc) is 1.61. The summed E-state index contributed by atoms with van der Waals surface area (Å²) in [6, 6.07) is 88.5. The third kappa shape index (κ3) is 9.00. The van der Waals surface area contributed by atoms with Crippen molar-refractivity contribution >= 4 is 97.4 Å². The van der Waals surface area contributed by atoms with Crippen molar-refractivity contribution in [1.82, 2.24) is 0 Å². The summed E-state index contributed by atoms with van der Waals surface area (Å²) in [7, 11) is -2.88. The van der Waals surface area contributed by atoms with Gasteiger partial charge in [-0.1, -0.05) is 254 Å². The van der Waals surface area contributed by atoms with Gasteiger partial charge in [0, 0.05) is 50.8 Å². The summed E-state index contributed by atoms with van der Waals surface area (Å²) in [4.78, 5) is 8.21. The van der Waals surface area contributed by atoms with E-state index in [1.807, 2.05) is 0 Å². The Balaban J connectivity index is 0.995. The average molecular weight is 1200 g/mol. The molecule has 3 aliphatic heterocycles. The fourth-order valence-electron chi connectivity index (χ4n) is 18.0. The SMILES string of the molecule is Cc1cc2c3c(c1)N(c1ccc(C(C)(C)C)cc1-c1ccccc1)c1cc4c(cc1B3c1ccc(N3c5ccc([Si](c6ccccc6)(c6ccccc6)c6ccccc6)cc5C5(C)CC(C)(C)C(C)(C)CC35C)cc1N2c1ccc(C(C)(C)C)cc1)CC(C)(C)C4. The van der Waals surface area contributed by atoms with E-state index in [1.54, 1.807) is 0 Å². The number of fused-ring (bicyclic) bond motifs is 8. The number of hydrogen-bond acceptors (Lipinski definition) is 3. The minimum atomic E-state index is -2.88. The van der Waals surface area contributed by atoms with Crippen molar-refractivity contribution in [2.75, 3.05) is 14.7 Å². The van der Waals surface area contributed by atoms with Crippen LogP contribution in [0.4, 0.5) is 45.5 Å². The van der Waals surface area contributed by atoms with Crippen LogP contribution in [0.5, 0.6) is 0 Å². The van der Waals surface area contributed by atoms with Crippen molar-refractivity contribution in [3.8, 4) is 11.1 Å². The molecule has 5 aliphatic rings. The van der Waals surface area contributed by atoms with E-state index < -0.39 is 8.07 Å². The monoisotopic (exact) mass is 1200 g/mol. The second-order valence-electron chi connectivity index (χ2n) is 32.5. The summed E-state index contributed by atoms with van der Waals surface area (Å²) in [5.41, 5.74) is 24.7. The lowest BCUT2D eigenvalue weighted by Gasteiger charge is -2.61. The van der Waals surface area contributed by atoms with Crippen LogP contribution in [0.15, 0.2) is 224 Å². The normalized spacial score (nSPS) is 19.9. The molecule has 0 radical (unpaired) electrons. The number of rotatable bonds is 8. The number of hydrogen-bond donors (Lipinski definition) is 0. The van der Waals surface area contributed by atoms with E-state index in [9.17, 15) is 0 Å². The summed E-state index contributed by atoms with van der Waals surface area (Å²) in [6.07, 6.45) is 4.21. The van der Waals surface area contributed by atoms with Crippen LogP contribution in [0, 0.1) is 23.2 Å². The van der Waals surface area contributed by atoms with Crippen LogP contribution in [0.3, 0.4) is 0 Å². The molecule has 0 amide bonds. The third-order valence-electron chi connectivity index (χ3n) is 23.3. The molecule has 2 unspecified atom stereocenters. The Bertz CT molecular complexity index is 4420. The number of anilines is 8. The number of aryl methyl sites for hydroxylation is 1. The van der Waals surface area contributed by atoms with Gasteiger partial charge in [0.2, 0.25) is 0 Å². The van der Waals surface area contributed by atoms with Crippen molar-refractivity contribution in [3.63, 3.8) is 0 Å². The van der Waals surface area contributed by atoms with Crippen LogP contribution >= 0.6 is 0 Å². The molecule has 91 heavy (non-hydrogen) atoms. The summed E-state index contributed by atoms with van der Waals surface area (Å²) < 4.78 is 0. The Labute approximate surface area is 545 Å². The fraction of sp³-hybridized carbons (Fsp3) is 0.302. The standard InChI is InChI=1S/C86H90BN3Si/c1-57-46-77-79-78(47-57)89(73-44-38-62(81(5,6)7)50-69(73)58-28-20-16-21-29-58)75-49-60-54-82(8,9)53-59(60)48-72(75)87(79)71-43-41-64(51-76(71)88(77)63-39-36-61(37-40-63)80(2,3)4)90-74-45-42-68(52-70(74)85(14)55-83(10,11)84(12,13)56-86(85,90)15)91(65-30-22-17-23-31-65,66-32-24-18-25-33-66)67-34-26-19-27-35-67/h16-52H,53-56H2,1-15H3. The maximum absolute atomic E-state index is 2.88. The van der Waals surface area contributed by atoms with Crippen molar-refractivity contribution in [2.45, 2.75) is 151 Å². The zero-order valence-corrected chi connectivity index (χ0v) is 57.6. The van der Waals surface area contributed by atoms with Gasteiger partial charge < -0.3 is 14.7 Å². The fourth-order valence-corrected chi connectivity index (χ4v) is 22.8. The highest BCUT2D eigenvalue weighted by Crippen LogP contribution is 2.68. The molecule has 3 nitrogen and oxygen atoms in total. The molecule has 10 aromatic rings. The topological polar surface area (TPSA) is 9.72 Å². The first kappa shape index (κ1) is 59.2. The molecule has 0 aromatic heterocycles. The van der Waals surface area contributed by atoms with E-state index in [-0.39, 0.29) is 44.7 Å². The Hall–Kier alpha value is -8.12. The van der Waals surface area contributed by atoms with Crippen molar-refractivity contribution < 1.29 is 0 Å². The Morgan fingerprint density at radius 3 is 1.49 bits per heavy atom. The number of benzene rings is 10. The zero-order valence-electron chi connectivity index (χ0n) is 56.6. The van der Waals surface area contributed by atoms with Gasteiger partial charge in [0.05, 0.1) is 11.2 Å². The molecule has 0 saturated heterocycles. The predicted molar refractivity (Wildman–Crippen MR) is 394 cm³/mol. The van der Waals surface area contributed by atoms with Gasteiger partial charge in [-0.15, -0.1) is 0 Å². The molecule has 2 aliphatic carbocycles. The highest BCUT2D eigenvalue weighted by molar-refractivity contribution is 7.20. The second kappa shape index (κ2) is 20.4. The molecule has 0 spiro atoms. The van der Waals surface area contributed by atoms with Crippen molar-refractivity contribution in [1.29, 1.82) is 0 Å². The Morgan fingerprint density at radius 2 is 0.912 bits per heavy atom. The summed E-state index contributed by atoms with van der Waals surface area (Å²) in [6.45, 7) is 36.8. The lowest BCUT2D eigenvalue weighted by molar-refractivity contribution is -0.0311. The maximum Gasteiger partial charge on any atom is 0.252 e.